The molecule has 6 N–H and O–H groups in total. The lowest BCUT2D eigenvalue weighted by Crippen LogP contribution is -2.21. The predicted molar refractivity (Wildman–Crippen MR) is 226 cm³/mol. The van der Waals surface area contributed by atoms with E-state index in [1.54, 1.807) is 0 Å². The molecule has 0 saturated carbocycles. The monoisotopic (exact) mass is 768 g/mol. The van der Waals surface area contributed by atoms with Crippen molar-refractivity contribution in [3.05, 3.63) is 46.5 Å². The van der Waals surface area contributed by atoms with Crippen molar-refractivity contribution in [1.29, 1.82) is 0 Å². The molecule has 0 heterocycles. The number of hydrogen-bond acceptors (Lipinski definition) is 6. The third-order valence-corrected chi connectivity index (χ3v) is 8.38. The zero-order chi connectivity index (χ0) is 34.1. The summed E-state index contributed by atoms with van der Waals surface area (Å²) in [6, 6.07) is 8.46. The van der Waals surface area contributed by atoms with E-state index in [2.05, 4.69) is 129 Å². The normalized spacial score (nSPS) is 11.8. The molecule has 0 saturated heterocycles. The van der Waals surface area contributed by atoms with Crippen LogP contribution in [0.5, 0.6) is 11.5 Å². The molecule has 2 rings (SSSR count). The second kappa shape index (κ2) is 22.6. The number of benzene rings is 2. The van der Waals surface area contributed by atoms with Crippen LogP contribution in [-0.2, 0) is 21.7 Å². The summed E-state index contributed by atoms with van der Waals surface area (Å²) in [6.07, 6.45) is 5.75. The molecule has 0 fully saturated rings. The topological polar surface area (TPSA) is 88.6 Å². The van der Waals surface area contributed by atoms with Crippen LogP contribution in [0.3, 0.4) is 0 Å². The van der Waals surface area contributed by atoms with Crippen molar-refractivity contribution in [2.75, 3.05) is 49.9 Å². The fourth-order valence-electron chi connectivity index (χ4n) is 5.58. The molecule has 0 unspecified atom stereocenters. The van der Waals surface area contributed by atoms with E-state index in [0.717, 1.165) is 85.7 Å². The Morgan fingerprint density at radius 2 is 0.633 bits per heavy atom. The first-order valence-corrected chi connectivity index (χ1v) is 17.4. The molecule has 0 spiro atoms. The van der Waals surface area contributed by atoms with Gasteiger partial charge in [0.2, 0.25) is 0 Å². The molecule has 0 atom stereocenters. The van der Waals surface area contributed by atoms with Gasteiger partial charge in [0, 0.05) is 46.7 Å². The van der Waals surface area contributed by atoms with Crippen LogP contribution >= 0.6 is 49.6 Å². The van der Waals surface area contributed by atoms with Gasteiger partial charge in [-0.1, -0.05) is 89.5 Å². The van der Waals surface area contributed by atoms with E-state index in [-0.39, 0.29) is 71.3 Å². The number of aromatic hydroxyl groups is 2. The zero-order valence-electron chi connectivity index (χ0n) is 32.6. The lowest BCUT2D eigenvalue weighted by molar-refractivity contribution is 0.422. The Kier molecular flexibility index (Phi) is 24.0. The number of phenolic OH excluding ortho intramolecular Hbond substituents is 2. The SMILES string of the molecule is CC(C)(C)c1cc(NCCCNCCCCCNCCCNc2cc(C(C)(C)C)c(O)c(C(C)(C)C)c2)cc(C(C)(C)C)c1O.Cl.Cl.Cl.Cl. The van der Waals surface area contributed by atoms with Crippen LogP contribution in [0.4, 0.5) is 11.4 Å². The number of anilines is 2. The van der Waals surface area contributed by atoms with E-state index in [9.17, 15) is 10.2 Å². The fraction of sp³-hybridized carbons (Fsp3) is 0.692. The van der Waals surface area contributed by atoms with E-state index in [0.29, 0.717) is 11.5 Å². The molecule has 0 radical (unpaired) electrons. The van der Waals surface area contributed by atoms with Crippen molar-refractivity contribution < 1.29 is 10.2 Å². The Morgan fingerprint density at radius 3 is 0.878 bits per heavy atom. The van der Waals surface area contributed by atoms with E-state index >= 15 is 0 Å². The molecule has 0 aromatic heterocycles. The van der Waals surface area contributed by atoms with E-state index in [1.807, 2.05) is 0 Å². The summed E-state index contributed by atoms with van der Waals surface area (Å²) < 4.78 is 0. The van der Waals surface area contributed by atoms with Crippen molar-refractivity contribution in [2.45, 2.75) is 137 Å². The third kappa shape index (κ3) is 17.7. The first-order chi connectivity index (χ1) is 20.7. The average Bonchev–Trinajstić information content (AvgIpc) is 2.89. The Balaban J connectivity index is -0.00000529. The van der Waals surface area contributed by atoms with Gasteiger partial charge >= 0.3 is 0 Å². The highest BCUT2D eigenvalue weighted by atomic mass is 35.5. The molecule has 6 nitrogen and oxygen atoms in total. The highest BCUT2D eigenvalue weighted by molar-refractivity contribution is 5.86. The summed E-state index contributed by atoms with van der Waals surface area (Å²) >= 11 is 0. The predicted octanol–water partition coefficient (Wildman–Crippen LogP) is 10.6. The van der Waals surface area contributed by atoms with Gasteiger partial charge in [0.05, 0.1) is 0 Å². The largest absolute Gasteiger partial charge is 0.507 e. The molecule has 0 amide bonds. The number of halogens is 4. The van der Waals surface area contributed by atoms with Crippen molar-refractivity contribution >= 4 is 61.0 Å². The minimum absolute atomic E-state index is 0. The minimum atomic E-state index is -0.113. The highest BCUT2D eigenvalue weighted by Crippen LogP contribution is 2.42. The van der Waals surface area contributed by atoms with Crippen LogP contribution in [-0.4, -0.2) is 49.5 Å². The standard InChI is InChI=1S/C39H68N4O2.4ClH/c1-36(2,3)30-24-28(25-31(34(30)44)37(4,5)6)42-22-16-20-40-18-14-13-15-19-41-21-17-23-43-29-26-32(38(7,8)9)35(45)33(27-29)39(10,11)12;;;;/h24-27,40-45H,13-23H2,1-12H3;4*1H. The highest BCUT2D eigenvalue weighted by Gasteiger charge is 2.27. The van der Waals surface area contributed by atoms with Gasteiger partial charge in [0.15, 0.2) is 0 Å². The molecule has 288 valence electrons. The molecule has 49 heavy (non-hydrogen) atoms. The molecule has 0 aliphatic rings. The summed E-state index contributed by atoms with van der Waals surface area (Å²) in [7, 11) is 0. The van der Waals surface area contributed by atoms with Crippen LogP contribution < -0.4 is 21.3 Å². The van der Waals surface area contributed by atoms with Gasteiger partial charge in [-0.15, -0.1) is 49.6 Å². The number of rotatable bonds is 16. The maximum Gasteiger partial charge on any atom is 0.123 e. The van der Waals surface area contributed by atoms with Crippen LogP contribution in [0.15, 0.2) is 24.3 Å². The second-order valence-corrected chi connectivity index (χ2v) is 17.0. The first-order valence-electron chi connectivity index (χ1n) is 17.4. The minimum Gasteiger partial charge on any atom is -0.507 e. The lowest BCUT2D eigenvalue weighted by atomic mass is 9.79. The molecule has 0 aliphatic carbocycles. The lowest BCUT2D eigenvalue weighted by Gasteiger charge is -2.28. The molecule has 2 aromatic rings. The smallest absolute Gasteiger partial charge is 0.123 e. The molecular weight excluding hydrogens is 698 g/mol. The molecule has 2 aromatic carbocycles. The maximum absolute atomic E-state index is 10.9. The summed E-state index contributed by atoms with van der Waals surface area (Å²) in [6.45, 7) is 31.8. The van der Waals surface area contributed by atoms with Gasteiger partial charge in [-0.05, 0) is 97.8 Å². The Hall–Kier alpha value is -1.28. The van der Waals surface area contributed by atoms with Gasteiger partial charge in [0.1, 0.15) is 11.5 Å². The summed E-state index contributed by atoms with van der Waals surface area (Å²) in [5.41, 5.74) is 5.74. The Labute approximate surface area is 325 Å². The fourth-order valence-corrected chi connectivity index (χ4v) is 5.58. The van der Waals surface area contributed by atoms with E-state index in [4.69, 9.17) is 0 Å². The number of hydrogen-bond donors (Lipinski definition) is 6. The summed E-state index contributed by atoms with van der Waals surface area (Å²) in [4.78, 5) is 0. The average molecular weight is 771 g/mol. The van der Waals surface area contributed by atoms with Crippen molar-refractivity contribution in [1.82, 2.24) is 10.6 Å². The summed E-state index contributed by atoms with van der Waals surface area (Å²) in [5.74, 6) is 0.869. The van der Waals surface area contributed by atoms with Gasteiger partial charge < -0.3 is 31.5 Å². The first kappa shape index (κ1) is 52.1. The van der Waals surface area contributed by atoms with Crippen molar-refractivity contribution in [2.24, 2.45) is 0 Å². The van der Waals surface area contributed by atoms with E-state index < -0.39 is 0 Å². The van der Waals surface area contributed by atoms with Crippen LogP contribution in [0.2, 0.25) is 0 Å². The molecule has 0 bridgehead atoms. The third-order valence-electron chi connectivity index (χ3n) is 8.38. The molecule has 10 heteroatoms. The van der Waals surface area contributed by atoms with Gasteiger partial charge in [-0.2, -0.15) is 0 Å². The summed E-state index contributed by atoms with van der Waals surface area (Å²) in [5, 5.41) is 36.2. The van der Waals surface area contributed by atoms with Crippen molar-refractivity contribution in [3.8, 4) is 11.5 Å². The van der Waals surface area contributed by atoms with Gasteiger partial charge in [-0.3, -0.25) is 0 Å². The van der Waals surface area contributed by atoms with Crippen LogP contribution in [0.25, 0.3) is 0 Å². The molecular formula is C39H72Cl4N4O2. The second-order valence-electron chi connectivity index (χ2n) is 17.0. The molecule has 0 aliphatic heterocycles. The van der Waals surface area contributed by atoms with Crippen LogP contribution in [0, 0.1) is 0 Å². The maximum atomic E-state index is 10.9. The number of nitrogens with one attached hydrogen (secondary N) is 4. The van der Waals surface area contributed by atoms with Gasteiger partial charge in [-0.25, -0.2) is 0 Å². The number of phenols is 2. The Bertz CT molecular complexity index is 1050. The quantitative estimate of drug-likeness (QED) is 0.0753. The number of unbranched alkanes of at least 4 members (excludes halogenated alkanes) is 2. The van der Waals surface area contributed by atoms with E-state index in [1.165, 1.54) is 19.3 Å². The Morgan fingerprint density at radius 1 is 0.388 bits per heavy atom. The van der Waals surface area contributed by atoms with Crippen LogP contribution in [0.1, 0.15) is 137 Å². The van der Waals surface area contributed by atoms with Crippen molar-refractivity contribution in [3.63, 3.8) is 0 Å². The zero-order valence-corrected chi connectivity index (χ0v) is 35.9. The van der Waals surface area contributed by atoms with Gasteiger partial charge in [0.25, 0.3) is 0 Å².